The Morgan fingerprint density at radius 2 is 1.93 bits per heavy atom. The zero-order valence-electron chi connectivity index (χ0n) is 14.7. The number of anilines is 1. The van der Waals surface area contributed by atoms with Crippen molar-refractivity contribution in [1.82, 2.24) is 4.98 Å². The lowest BCUT2D eigenvalue weighted by molar-refractivity contribution is 0.102. The highest BCUT2D eigenvalue weighted by atomic mass is 79.9. The van der Waals surface area contributed by atoms with Crippen LogP contribution in [0.3, 0.4) is 0 Å². The Morgan fingerprint density at radius 3 is 2.57 bits per heavy atom. The van der Waals surface area contributed by atoms with Crippen LogP contribution in [0.25, 0.3) is 0 Å². The van der Waals surface area contributed by atoms with Gasteiger partial charge in [0.2, 0.25) is 15.9 Å². The van der Waals surface area contributed by atoms with Crippen LogP contribution in [0.5, 0.6) is 11.6 Å². The molecule has 1 heterocycles. The second kappa shape index (κ2) is 8.09. The van der Waals surface area contributed by atoms with Crippen molar-refractivity contribution in [2.75, 3.05) is 5.32 Å². The first-order valence-corrected chi connectivity index (χ1v) is 10.4. The van der Waals surface area contributed by atoms with Crippen LogP contribution < -0.4 is 15.2 Å². The number of rotatable bonds is 5. The van der Waals surface area contributed by atoms with E-state index in [1.165, 1.54) is 12.3 Å². The number of nitrogens with zero attached hydrogens (tertiary/aromatic N) is 1. The summed E-state index contributed by atoms with van der Waals surface area (Å²) in [5.74, 6) is 0.501. The number of pyridine rings is 1. The summed E-state index contributed by atoms with van der Waals surface area (Å²) in [6.07, 6.45) is 1.37. The van der Waals surface area contributed by atoms with E-state index >= 15 is 0 Å². The molecule has 0 aliphatic rings. The molecule has 3 aromatic rings. The van der Waals surface area contributed by atoms with E-state index in [1.807, 2.05) is 12.1 Å². The number of hydrogen-bond donors (Lipinski definition) is 2. The van der Waals surface area contributed by atoms with Crippen molar-refractivity contribution in [3.8, 4) is 11.6 Å². The van der Waals surface area contributed by atoms with Crippen molar-refractivity contribution in [2.45, 2.75) is 11.8 Å². The van der Waals surface area contributed by atoms with Gasteiger partial charge in [-0.05, 0) is 48.9 Å². The van der Waals surface area contributed by atoms with Crippen LogP contribution >= 0.6 is 15.9 Å². The third-order valence-corrected chi connectivity index (χ3v) is 5.32. The van der Waals surface area contributed by atoms with Crippen LogP contribution in [0, 0.1) is 6.92 Å². The van der Waals surface area contributed by atoms with Crippen LogP contribution in [-0.2, 0) is 10.0 Å². The zero-order chi connectivity index (χ0) is 20.3. The normalized spacial score (nSPS) is 11.1. The third-order valence-electron chi connectivity index (χ3n) is 3.77. The van der Waals surface area contributed by atoms with E-state index in [4.69, 9.17) is 9.88 Å². The number of aryl methyl sites for hydroxylation is 1. The van der Waals surface area contributed by atoms with Crippen molar-refractivity contribution in [1.29, 1.82) is 0 Å². The van der Waals surface area contributed by atoms with E-state index < -0.39 is 15.9 Å². The maximum Gasteiger partial charge on any atom is 0.257 e. The van der Waals surface area contributed by atoms with Gasteiger partial charge in [-0.25, -0.2) is 18.5 Å². The Morgan fingerprint density at radius 1 is 1.14 bits per heavy atom. The molecule has 0 spiro atoms. The molecule has 0 saturated carbocycles. The van der Waals surface area contributed by atoms with Gasteiger partial charge in [-0.3, -0.25) is 4.79 Å². The van der Waals surface area contributed by atoms with Gasteiger partial charge in [-0.1, -0.05) is 28.1 Å². The number of amides is 1. The molecule has 1 aromatic heterocycles. The minimum absolute atomic E-state index is 0.0406. The van der Waals surface area contributed by atoms with Crippen LogP contribution in [0.1, 0.15) is 15.9 Å². The monoisotopic (exact) mass is 461 g/mol. The van der Waals surface area contributed by atoms with Crippen molar-refractivity contribution in [2.24, 2.45) is 5.14 Å². The summed E-state index contributed by atoms with van der Waals surface area (Å²) in [4.78, 5) is 16.5. The van der Waals surface area contributed by atoms with Crippen LogP contribution in [0.4, 0.5) is 5.69 Å². The SMILES string of the molecule is Cc1ccc(NC(=O)c2ccc(Oc3cccc(Br)c3)nc2)cc1S(N)(=O)=O. The summed E-state index contributed by atoms with van der Waals surface area (Å²) in [5, 5.41) is 7.82. The summed E-state index contributed by atoms with van der Waals surface area (Å²) in [6, 6.07) is 14.9. The topological polar surface area (TPSA) is 111 Å². The number of aromatic nitrogens is 1. The van der Waals surface area contributed by atoms with E-state index in [0.717, 1.165) is 4.47 Å². The van der Waals surface area contributed by atoms with Crippen LogP contribution in [0.15, 0.2) is 70.2 Å². The summed E-state index contributed by atoms with van der Waals surface area (Å²) in [5.41, 5.74) is 1.10. The molecule has 2 aromatic carbocycles. The van der Waals surface area contributed by atoms with Gasteiger partial charge in [0.15, 0.2) is 0 Å². The van der Waals surface area contributed by atoms with Gasteiger partial charge in [0.25, 0.3) is 5.91 Å². The van der Waals surface area contributed by atoms with E-state index in [0.29, 0.717) is 28.4 Å². The van der Waals surface area contributed by atoms with Gasteiger partial charge in [0.1, 0.15) is 5.75 Å². The largest absolute Gasteiger partial charge is 0.439 e. The molecular weight excluding hydrogens is 446 g/mol. The van der Waals surface area contributed by atoms with Crippen LogP contribution in [0.2, 0.25) is 0 Å². The minimum atomic E-state index is -3.88. The highest BCUT2D eigenvalue weighted by Gasteiger charge is 2.14. The zero-order valence-corrected chi connectivity index (χ0v) is 17.1. The molecule has 0 aliphatic heterocycles. The first-order chi connectivity index (χ1) is 13.2. The molecule has 9 heteroatoms. The maximum absolute atomic E-state index is 12.4. The van der Waals surface area contributed by atoms with Crippen molar-refractivity contribution >= 4 is 37.5 Å². The number of sulfonamides is 1. The molecule has 0 fully saturated rings. The van der Waals surface area contributed by atoms with Gasteiger partial charge in [0, 0.05) is 22.4 Å². The Bertz CT molecular complexity index is 1130. The number of primary sulfonamides is 1. The van der Waals surface area contributed by atoms with Crippen molar-refractivity contribution in [3.63, 3.8) is 0 Å². The van der Waals surface area contributed by atoms with Crippen LogP contribution in [-0.4, -0.2) is 19.3 Å². The Kier molecular flexibility index (Phi) is 5.78. The summed E-state index contributed by atoms with van der Waals surface area (Å²) in [7, 11) is -3.88. The lowest BCUT2D eigenvalue weighted by Crippen LogP contribution is -2.16. The molecule has 1 amide bonds. The average molecular weight is 462 g/mol. The van der Waals surface area contributed by atoms with E-state index in [2.05, 4.69) is 26.2 Å². The number of nitrogens with two attached hydrogens (primary N) is 1. The highest BCUT2D eigenvalue weighted by molar-refractivity contribution is 9.10. The minimum Gasteiger partial charge on any atom is -0.439 e. The van der Waals surface area contributed by atoms with E-state index in [-0.39, 0.29) is 4.90 Å². The fourth-order valence-electron chi connectivity index (χ4n) is 2.41. The molecule has 0 aliphatic carbocycles. The average Bonchev–Trinajstić information content (AvgIpc) is 2.63. The number of benzene rings is 2. The molecular formula is C19H16BrN3O4S. The molecule has 144 valence electrons. The van der Waals surface area contributed by atoms with Crippen molar-refractivity contribution < 1.29 is 17.9 Å². The van der Waals surface area contributed by atoms with E-state index in [1.54, 1.807) is 43.3 Å². The molecule has 0 saturated heterocycles. The molecule has 0 atom stereocenters. The van der Waals surface area contributed by atoms with Gasteiger partial charge in [-0.2, -0.15) is 0 Å². The Balaban J connectivity index is 1.73. The first kappa shape index (κ1) is 20.0. The van der Waals surface area contributed by atoms with Gasteiger partial charge in [-0.15, -0.1) is 0 Å². The van der Waals surface area contributed by atoms with Gasteiger partial charge in [0.05, 0.1) is 10.5 Å². The predicted octanol–water partition coefficient (Wildman–Crippen LogP) is 3.84. The lowest BCUT2D eigenvalue weighted by atomic mass is 10.2. The van der Waals surface area contributed by atoms with Gasteiger partial charge >= 0.3 is 0 Å². The summed E-state index contributed by atoms with van der Waals surface area (Å²) >= 11 is 3.36. The second-order valence-corrected chi connectivity index (χ2v) is 8.37. The molecule has 28 heavy (non-hydrogen) atoms. The number of nitrogens with one attached hydrogen (secondary N) is 1. The Hall–Kier alpha value is -2.75. The summed E-state index contributed by atoms with van der Waals surface area (Å²) < 4.78 is 29.7. The second-order valence-electron chi connectivity index (χ2n) is 5.92. The smallest absolute Gasteiger partial charge is 0.257 e. The maximum atomic E-state index is 12.4. The van der Waals surface area contributed by atoms with Gasteiger partial charge < -0.3 is 10.1 Å². The fraction of sp³-hybridized carbons (Fsp3) is 0.0526. The van der Waals surface area contributed by atoms with Crippen molar-refractivity contribution in [3.05, 3.63) is 76.4 Å². The van der Waals surface area contributed by atoms with E-state index in [9.17, 15) is 13.2 Å². The number of hydrogen-bond acceptors (Lipinski definition) is 5. The number of carbonyl (C=O) groups excluding carboxylic acids is 1. The number of halogens is 1. The fourth-order valence-corrected chi connectivity index (χ4v) is 3.60. The molecule has 3 rings (SSSR count). The molecule has 7 nitrogen and oxygen atoms in total. The predicted molar refractivity (Wildman–Crippen MR) is 109 cm³/mol. The highest BCUT2D eigenvalue weighted by Crippen LogP contribution is 2.23. The first-order valence-electron chi connectivity index (χ1n) is 8.07. The summed E-state index contributed by atoms with van der Waals surface area (Å²) in [6.45, 7) is 1.62. The lowest BCUT2D eigenvalue weighted by Gasteiger charge is -2.09. The Labute approximate surface area is 170 Å². The standard InChI is InChI=1S/C19H16BrN3O4S/c1-12-5-7-15(10-17(12)28(21,25)26)23-19(24)13-6-8-18(22-11-13)27-16-4-2-3-14(20)9-16/h2-11H,1H3,(H,23,24)(H2,21,25,26). The quantitative estimate of drug-likeness (QED) is 0.599. The molecule has 0 radical (unpaired) electrons. The molecule has 0 bridgehead atoms. The number of ether oxygens (including phenoxy) is 1. The third kappa shape index (κ3) is 4.94. The number of carbonyl (C=O) groups is 1. The molecule has 3 N–H and O–H groups in total. The molecule has 0 unspecified atom stereocenters.